The molecule has 4 nitrogen and oxygen atoms in total. The lowest BCUT2D eigenvalue weighted by atomic mass is 10.2. The number of amides is 1. The van der Waals surface area contributed by atoms with Crippen LogP contribution in [-0.4, -0.2) is 10.9 Å². The number of benzene rings is 3. The van der Waals surface area contributed by atoms with Crippen molar-refractivity contribution in [2.24, 2.45) is 0 Å². The third-order valence-electron chi connectivity index (χ3n) is 3.65. The average Bonchev–Trinajstić information content (AvgIpc) is 3.04. The van der Waals surface area contributed by atoms with Gasteiger partial charge >= 0.3 is 0 Å². The first-order valence-corrected chi connectivity index (χ1v) is 9.07. The van der Waals surface area contributed by atoms with Gasteiger partial charge in [0.05, 0.1) is 10.2 Å². The quantitative estimate of drug-likeness (QED) is 0.472. The van der Waals surface area contributed by atoms with Gasteiger partial charge in [-0.3, -0.25) is 10.1 Å². The van der Waals surface area contributed by atoms with Crippen LogP contribution < -0.4 is 10.1 Å². The number of halogens is 1. The number of carbonyl (C=O) groups excluding carboxylic acids is 1. The number of hydrogen-bond donors (Lipinski definition) is 1. The van der Waals surface area contributed by atoms with E-state index in [1.807, 2.05) is 48.5 Å². The molecule has 1 heterocycles. The van der Waals surface area contributed by atoms with Gasteiger partial charge in [-0.2, -0.15) is 0 Å². The number of fused-ring (bicyclic) bond motifs is 1. The van der Waals surface area contributed by atoms with Crippen molar-refractivity contribution in [1.82, 2.24) is 4.98 Å². The maximum Gasteiger partial charge on any atom is 0.257 e. The van der Waals surface area contributed by atoms with E-state index in [0.29, 0.717) is 15.7 Å². The largest absolute Gasteiger partial charge is 0.457 e. The van der Waals surface area contributed by atoms with Gasteiger partial charge < -0.3 is 4.74 Å². The van der Waals surface area contributed by atoms with Gasteiger partial charge in [0.2, 0.25) is 0 Å². The van der Waals surface area contributed by atoms with Crippen molar-refractivity contribution in [3.8, 4) is 11.5 Å². The van der Waals surface area contributed by atoms with Crippen molar-refractivity contribution in [1.29, 1.82) is 0 Å². The fourth-order valence-electron chi connectivity index (χ4n) is 2.45. The van der Waals surface area contributed by atoms with Crippen LogP contribution in [0, 0.1) is 0 Å². The molecule has 0 spiro atoms. The number of aromatic nitrogens is 1. The maximum absolute atomic E-state index is 12.3. The number of thiazole rings is 1. The summed E-state index contributed by atoms with van der Waals surface area (Å²) in [5.74, 6) is 1.25. The fraction of sp³-hybridized carbons (Fsp3) is 0. The molecule has 1 aromatic heterocycles. The molecule has 128 valence electrons. The highest BCUT2D eigenvalue weighted by Gasteiger charge is 2.11. The number of carbonyl (C=O) groups is 1. The van der Waals surface area contributed by atoms with Crippen LogP contribution >= 0.6 is 22.9 Å². The molecule has 0 saturated carbocycles. The van der Waals surface area contributed by atoms with Crippen LogP contribution in [0.1, 0.15) is 10.4 Å². The normalized spacial score (nSPS) is 10.7. The molecule has 26 heavy (non-hydrogen) atoms. The predicted octanol–water partition coefficient (Wildman–Crippen LogP) is 5.99. The number of nitrogens with zero attached hydrogens (tertiary/aromatic N) is 1. The second-order valence-electron chi connectivity index (χ2n) is 5.53. The van der Waals surface area contributed by atoms with Gasteiger partial charge in [0.15, 0.2) is 5.13 Å². The molecular weight excluding hydrogens is 368 g/mol. The third kappa shape index (κ3) is 3.69. The van der Waals surface area contributed by atoms with E-state index in [1.165, 1.54) is 11.3 Å². The van der Waals surface area contributed by atoms with Crippen molar-refractivity contribution in [3.05, 3.63) is 83.4 Å². The van der Waals surface area contributed by atoms with Crippen molar-refractivity contribution < 1.29 is 9.53 Å². The van der Waals surface area contributed by atoms with Crippen LogP contribution in [0.4, 0.5) is 5.13 Å². The average molecular weight is 381 g/mol. The van der Waals surface area contributed by atoms with E-state index in [4.69, 9.17) is 16.3 Å². The molecule has 4 aromatic rings. The van der Waals surface area contributed by atoms with Gasteiger partial charge in [0, 0.05) is 16.7 Å². The summed E-state index contributed by atoms with van der Waals surface area (Å²) in [5, 5.41) is 3.86. The van der Waals surface area contributed by atoms with Crippen molar-refractivity contribution in [2.75, 3.05) is 5.32 Å². The van der Waals surface area contributed by atoms with E-state index >= 15 is 0 Å². The SMILES string of the molecule is O=C(Nc1nc2ccc(Oc3ccccc3)cc2s1)c1cccc(Cl)c1. The summed E-state index contributed by atoms with van der Waals surface area (Å²) < 4.78 is 6.77. The molecule has 0 bridgehead atoms. The monoisotopic (exact) mass is 380 g/mol. The van der Waals surface area contributed by atoms with E-state index in [1.54, 1.807) is 24.3 Å². The van der Waals surface area contributed by atoms with E-state index in [0.717, 1.165) is 21.7 Å². The predicted molar refractivity (Wildman–Crippen MR) is 106 cm³/mol. The molecule has 0 unspecified atom stereocenters. The minimum absolute atomic E-state index is 0.243. The third-order valence-corrected chi connectivity index (χ3v) is 4.81. The summed E-state index contributed by atoms with van der Waals surface area (Å²) in [6.45, 7) is 0. The first-order chi connectivity index (χ1) is 12.7. The maximum atomic E-state index is 12.3. The standard InChI is InChI=1S/C20H13ClN2O2S/c21-14-6-4-5-13(11-14)19(24)23-20-22-17-10-9-16(12-18(17)26-20)25-15-7-2-1-3-8-15/h1-12H,(H,22,23,24). The number of para-hydroxylation sites is 1. The van der Waals surface area contributed by atoms with E-state index < -0.39 is 0 Å². The number of hydrogen-bond acceptors (Lipinski definition) is 4. The summed E-state index contributed by atoms with van der Waals surface area (Å²) in [6, 6.07) is 22.0. The molecule has 0 fully saturated rings. The smallest absolute Gasteiger partial charge is 0.257 e. The first-order valence-electron chi connectivity index (χ1n) is 7.88. The van der Waals surface area contributed by atoms with Crippen LogP contribution in [0.15, 0.2) is 72.8 Å². The highest BCUT2D eigenvalue weighted by Crippen LogP contribution is 2.31. The summed E-state index contributed by atoms with van der Waals surface area (Å²) in [4.78, 5) is 16.8. The second kappa shape index (κ2) is 7.15. The molecule has 6 heteroatoms. The summed E-state index contributed by atoms with van der Waals surface area (Å²) in [6.07, 6.45) is 0. The zero-order chi connectivity index (χ0) is 17.9. The second-order valence-corrected chi connectivity index (χ2v) is 7.00. The number of rotatable bonds is 4. The lowest BCUT2D eigenvalue weighted by Crippen LogP contribution is -2.11. The lowest BCUT2D eigenvalue weighted by Gasteiger charge is -2.04. The highest BCUT2D eigenvalue weighted by molar-refractivity contribution is 7.22. The summed E-state index contributed by atoms with van der Waals surface area (Å²) >= 11 is 7.33. The Morgan fingerprint density at radius 1 is 0.962 bits per heavy atom. The minimum atomic E-state index is -0.243. The zero-order valence-corrected chi connectivity index (χ0v) is 15.1. The Morgan fingerprint density at radius 2 is 1.81 bits per heavy atom. The Hall–Kier alpha value is -2.89. The van der Waals surface area contributed by atoms with E-state index in [-0.39, 0.29) is 5.91 Å². The molecule has 0 atom stereocenters. The Bertz CT molecular complexity index is 1080. The van der Waals surface area contributed by atoms with Gasteiger partial charge in [-0.1, -0.05) is 47.2 Å². The molecule has 3 aromatic carbocycles. The van der Waals surface area contributed by atoms with Gasteiger partial charge in [0.25, 0.3) is 5.91 Å². The molecule has 1 N–H and O–H groups in total. The number of anilines is 1. The molecule has 0 aliphatic heterocycles. The van der Waals surface area contributed by atoms with Gasteiger partial charge in [-0.05, 0) is 42.5 Å². The van der Waals surface area contributed by atoms with Crippen molar-refractivity contribution >= 4 is 44.2 Å². The Labute approximate surface area is 159 Å². The van der Waals surface area contributed by atoms with Gasteiger partial charge in [0.1, 0.15) is 11.5 Å². The van der Waals surface area contributed by atoms with Crippen LogP contribution in [0.5, 0.6) is 11.5 Å². The van der Waals surface area contributed by atoms with Crippen LogP contribution in [0.25, 0.3) is 10.2 Å². The molecule has 1 amide bonds. The Morgan fingerprint density at radius 3 is 2.62 bits per heavy atom. The van der Waals surface area contributed by atoms with Crippen LogP contribution in [0.3, 0.4) is 0 Å². The summed E-state index contributed by atoms with van der Waals surface area (Å²) in [5.41, 5.74) is 1.29. The molecular formula is C20H13ClN2O2S. The lowest BCUT2D eigenvalue weighted by molar-refractivity contribution is 0.102. The van der Waals surface area contributed by atoms with E-state index in [2.05, 4.69) is 10.3 Å². The Kier molecular flexibility index (Phi) is 4.56. The zero-order valence-electron chi connectivity index (χ0n) is 13.5. The molecule has 0 aliphatic carbocycles. The number of nitrogens with one attached hydrogen (secondary N) is 1. The minimum Gasteiger partial charge on any atom is -0.457 e. The van der Waals surface area contributed by atoms with Crippen LogP contribution in [-0.2, 0) is 0 Å². The van der Waals surface area contributed by atoms with Gasteiger partial charge in [-0.25, -0.2) is 4.98 Å². The van der Waals surface area contributed by atoms with Crippen molar-refractivity contribution in [3.63, 3.8) is 0 Å². The topological polar surface area (TPSA) is 51.2 Å². The molecule has 4 rings (SSSR count). The summed E-state index contributed by atoms with van der Waals surface area (Å²) in [7, 11) is 0. The molecule has 0 radical (unpaired) electrons. The van der Waals surface area contributed by atoms with Crippen molar-refractivity contribution in [2.45, 2.75) is 0 Å². The fourth-order valence-corrected chi connectivity index (χ4v) is 3.53. The highest BCUT2D eigenvalue weighted by atomic mass is 35.5. The Balaban J connectivity index is 1.55. The van der Waals surface area contributed by atoms with Gasteiger partial charge in [-0.15, -0.1) is 0 Å². The number of ether oxygens (including phenoxy) is 1. The first kappa shape index (κ1) is 16.6. The van der Waals surface area contributed by atoms with E-state index in [9.17, 15) is 4.79 Å². The van der Waals surface area contributed by atoms with Crippen LogP contribution in [0.2, 0.25) is 5.02 Å². The molecule has 0 aliphatic rings. The molecule has 0 saturated heterocycles.